The molecule has 1 saturated heterocycles. The van der Waals surface area contributed by atoms with Crippen molar-refractivity contribution in [2.24, 2.45) is 5.73 Å². The maximum Gasteiger partial charge on any atom is 0.254 e. The summed E-state index contributed by atoms with van der Waals surface area (Å²) >= 11 is 0. The van der Waals surface area contributed by atoms with Gasteiger partial charge in [-0.1, -0.05) is 0 Å². The summed E-state index contributed by atoms with van der Waals surface area (Å²) in [6, 6.07) is 4.97. The van der Waals surface area contributed by atoms with Crippen molar-refractivity contribution in [3.05, 3.63) is 35.1 Å². The first-order valence-electron chi connectivity index (χ1n) is 6.32. The Kier molecular flexibility index (Phi) is 3.73. The van der Waals surface area contributed by atoms with Crippen LogP contribution < -0.4 is 5.73 Å². The van der Waals surface area contributed by atoms with E-state index in [1.165, 1.54) is 17.0 Å². The predicted octanol–water partition coefficient (Wildman–Crippen LogP) is 1.95. The first-order valence-corrected chi connectivity index (χ1v) is 6.32. The zero-order valence-electron chi connectivity index (χ0n) is 11.1. The maximum absolute atomic E-state index is 13.7. The van der Waals surface area contributed by atoms with Crippen molar-refractivity contribution < 1.29 is 13.6 Å². The van der Waals surface area contributed by atoms with Gasteiger partial charge in [-0.05, 0) is 25.1 Å². The fourth-order valence-electron chi connectivity index (χ4n) is 2.44. The van der Waals surface area contributed by atoms with Gasteiger partial charge in [0, 0.05) is 31.0 Å². The van der Waals surface area contributed by atoms with E-state index in [0.29, 0.717) is 0 Å². The number of nitrogens with two attached hydrogens (primary N) is 1. The molecule has 2 rings (SSSR count). The number of hydrogen-bond acceptors (Lipinski definition) is 3. The standard InChI is InChI=1S/C14H15F2N3O/c1-9-7-14(16,18)4-5-19(9)13(20)10-2-3-12(15)11(6-10)8-17/h2-3,6,9H,4-5,7,18H2,1H3. The number of hydrogen-bond donors (Lipinski definition) is 1. The Morgan fingerprint density at radius 2 is 2.30 bits per heavy atom. The molecule has 1 heterocycles. The third-order valence-electron chi connectivity index (χ3n) is 3.53. The van der Waals surface area contributed by atoms with E-state index in [0.717, 1.165) is 6.07 Å². The Bertz CT molecular complexity index is 580. The number of benzene rings is 1. The number of piperidine rings is 1. The lowest BCUT2D eigenvalue weighted by Crippen LogP contribution is -2.53. The van der Waals surface area contributed by atoms with Gasteiger partial charge in [0.1, 0.15) is 11.9 Å². The Hall–Kier alpha value is -2.00. The molecule has 6 heteroatoms. The van der Waals surface area contributed by atoms with Crippen LogP contribution in [-0.2, 0) is 0 Å². The van der Waals surface area contributed by atoms with Crippen molar-refractivity contribution in [1.82, 2.24) is 4.90 Å². The molecule has 0 aromatic heterocycles. The molecule has 1 aromatic carbocycles. The molecule has 2 unspecified atom stereocenters. The van der Waals surface area contributed by atoms with Crippen molar-refractivity contribution in [1.29, 1.82) is 5.26 Å². The van der Waals surface area contributed by atoms with Gasteiger partial charge in [0.25, 0.3) is 5.91 Å². The molecule has 1 fully saturated rings. The molecular weight excluding hydrogens is 264 g/mol. The Morgan fingerprint density at radius 1 is 1.60 bits per heavy atom. The number of rotatable bonds is 1. The summed E-state index contributed by atoms with van der Waals surface area (Å²) in [5, 5.41) is 8.77. The molecular formula is C14H15F2N3O. The molecule has 106 valence electrons. The molecule has 20 heavy (non-hydrogen) atoms. The minimum absolute atomic E-state index is 0.0606. The SMILES string of the molecule is CC1CC(N)(F)CCN1C(=O)c1ccc(F)c(C#N)c1. The molecule has 2 atom stereocenters. The summed E-state index contributed by atoms with van der Waals surface area (Å²) in [5.41, 5.74) is 5.48. The van der Waals surface area contributed by atoms with Crippen LogP contribution in [0.3, 0.4) is 0 Å². The molecule has 1 aromatic rings. The fraction of sp³-hybridized carbons (Fsp3) is 0.429. The van der Waals surface area contributed by atoms with Gasteiger partial charge in [-0.25, -0.2) is 8.78 Å². The topological polar surface area (TPSA) is 70.1 Å². The summed E-state index contributed by atoms with van der Waals surface area (Å²) in [6.45, 7) is 1.92. The number of nitriles is 1. The molecule has 0 bridgehead atoms. The van der Waals surface area contributed by atoms with Crippen molar-refractivity contribution in [3.8, 4) is 6.07 Å². The van der Waals surface area contributed by atoms with Crippen LogP contribution in [-0.4, -0.2) is 29.2 Å². The van der Waals surface area contributed by atoms with Gasteiger partial charge in [-0.2, -0.15) is 5.26 Å². The van der Waals surface area contributed by atoms with Crippen molar-refractivity contribution in [2.45, 2.75) is 31.6 Å². The molecule has 2 N–H and O–H groups in total. The normalized spacial score (nSPS) is 26.1. The largest absolute Gasteiger partial charge is 0.336 e. The number of halogens is 2. The van der Waals surface area contributed by atoms with Gasteiger partial charge < -0.3 is 4.90 Å². The quantitative estimate of drug-likeness (QED) is 0.799. The smallest absolute Gasteiger partial charge is 0.254 e. The lowest BCUT2D eigenvalue weighted by atomic mass is 9.95. The maximum atomic E-state index is 13.7. The molecule has 1 amide bonds. The van der Waals surface area contributed by atoms with Gasteiger partial charge in [-0.15, -0.1) is 0 Å². The number of amides is 1. The molecule has 1 aliphatic heterocycles. The van der Waals surface area contributed by atoms with Crippen LogP contribution >= 0.6 is 0 Å². The molecule has 0 radical (unpaired) electrons. The van der Waals surface area contributed by atoms with E-state index in [2.05, 4.69) is 0 Å². The lowest BCUT2D eigenvalue weighted by molar-refractivity contribution is 0.0247. The minimum Gasteiger partial charge on any atom is -0.336 e. The number of alkyl halides is 1. The first kappa shape index (κ1) is 14.4. The first-order chi connectivity index (χ1) is 9.34. The predicted molar refractivity (Wildman–Crippen MR) is 68.9 cm³/mol. The van der Waals surface area contributed by atoms with Gasteiger partial charge >= 0.3 is 0 Å². The average molecular weight is 279 g/mol. The second kappa shape index (κ2) is 5.17. The zero-order chi connectivity index (χ0) is 14.9. The summed E-state index contributed by atoms with van der Waals surface area (Å²) in [4.78, 5) is 13.8. The zero-order valence-corrected chi connectivity index (χ0v) is 11.1. The van der Waals surface area contributed by atoms with E-state index in [-0.39, 0.29) is 42.5 Å². The molecule has 0 aliphatic carbocycles. The lowest BCUT2D eigenvalue weighted by Gasteiger charge is -2.39. The minimum atomic E-state index is -1.75. The molecule has 0 saturated carbocycles. The van der Waals surface area contributed by atoms with Crippen LogP contribution in [0.5, 0.6) is 0 Å². The van der Waals surface area contributed by atoms with Crippen LogP contribution in [0.25, 0.3) is 0 Å². The Balaban J connectivity index is 2.22. The highest BCUT2D eigenvalue weighted by Crippen LogP contribution is 2.27. The van der Waals surface area contributed by atoms with Crippen LogP contribution in [0.15, 0.2) is 18.2 Å². The van der Waals surface area contributed by atoms with Crippen LogP contribution in [0.1, 0.15) is 35.7 Å². The van der Waals surface area contributed by atoms with Gasteiger partial charge in [0.15, 0.2) is 5.79 Å². The van der Waals surface area contributed by atoms with E-state index in [9.17, 15) is 13.6 Å². The Morgan fingerprint density at radius 3 is 2.90 bits per heavy atom. The van der Waals surface area contributed by atoms with Gasteiger partial charge in [0.05, 0.1) is 5.56 Å². The van der Waals surface area contributed by atoms with E-state index in [4.69, 9.17) is 11.0 Å². The second-order valence-electron chi connectivity index (χ2n) is 5.14. The average Bonchev–Trinajstić information content (AvgIpc) is 2.37. The van der Waals surface area contributed by atoms with Gasteiger partial charge in [-0.3, -0.25) is 10.5 Å². The highest BCUT2D eigenvalue weighted by atomic mass is 19.1. The van der Waals surface area contributed by atoms with E-state index in [1.54, 1.807) is 13.0 Å². The van der Waals surface area contributed by atoms with Gasteiger partial charge in [0.2, 0.25) is 0 Å². The number of carbonyl (C=O) groups is 1. The third kappa shape index (κ3) is 2.78. The van der Waals surface area contributed by atoms with Crippen LogP contribution in [0, 0.1) is 17.1 Å². The molecule has 4 nitrogen and oxygen atoms in total. The van der Waals surface area contributed by atoms with E-state index in [1.807, 2.05) is 0 Å². The summed E-state index contributed by atoms with van der Waals surface area (Å²) in [5.74, 6) is -2.76. The van der Waals surface area contributed by atoms with Crippen molar-refractivity contribution in [2.75, 3.05) is 6.54 Å². The number of carbonyl (C=O) groups excluding carboxylic acids is 1. The summed E-state index contributed by atoms with van der Waals surface area (Å²) in [7, 11) is 0. The highest BCUT2D eigenvalue weighted by molar-refractivity contribution is 5.94. The Labute approximate surface area is 115 Å². The van der Waals surface area contributed by atoms with Crippen LogP contribution in [0.4, 0.5) is 8.78 Å². The monoisotopic (exact) mass is 279 g/mol. The number of nitrogens with zero attached hydrogens (tertiary/aromatic N) is 2. The van der Waals surface area contributed by atoms with Crippen molar-refractivity contribution in [3.63, 3.8) is 0 Å². The fourth-order valence-corrected chi connectivity index (χ4v) is 2.44. The van der Waals surface area contributed by atoms with Crippen molar-refractivity contribution >= 4 is 5.91 Å². The summed E-state index contributed by atoms with van der Waals surface area (Å²) in [6.07, 6.45) is 0.125. The summed E-state index contributed by atoms with van der Waals surface area (Å²) < 4.78 is 26.9. The van der Waals surface area contributed by atoms with E-state index >= 15 is 0 Å². The van der Waals surface area contributed by atoms with E-state index < -0.39 is 11.6 Å². The highest BCUT2D eigenvalue weighted by Gasteiger charge is 2.37. The third-order valence-corrected chi connectivity index (χ3v) is 3.53. The number of likely N-dealkylation sites (tertiary alicyclic amines) is 1. The molecule has 1 aliphatic rings. The van der Waals surface area contributed by atoms with Crippen LogP contribution in [0.2, 0.25) is 0 Å². The molecule has 0 spiro atoms. The second-order valence-corrected chi connectivity index (χ2v) is 5.14.